The Balaban J connectivity index is 2.78. The van der Waals surface area contributed by atoms with Crippen molar-refractivity contribution in [2.45, 2.75) is 12.7 Å². The lowest BCUT2D eigenvalue weighted by Gasteiger charge is -2.10. The highest BCUT2D eigenvalue weighted by Gasteiger charge is 2.38. The fourth-order valence-corrected chi connectivity index (χ4v) is 1.46. The van der Waals surface area contributed by atoms with Crippen molar-refractivity contribution in [2.24, 2.45) is 0 Å². The molecule has 0 aliphatic carbocycles. The number of hydrogen-bond donors (Lipinski definition) is 2. The molecule has 0 radical (unpaired) electrons. The molecule has 1 rings (SSSR count). The third kappa shape index (κ3) is 3.41. The number of rotatable bonds is 2. The van der Waals surface area contributed by atoms with E-state index in [2.05, 4.69) is 0 Å². The summed E-state index contributed by atoms with van der Waals surface area (Å²) in [6, 6.07) is 2.77. The summed E-state index contributed by atoms with van der Waals surface area (Å²) in [6.07, 6.45) is -4.93. The molecule has 8 heteroatoms. The van der Waals surface area contributed by atoms with E-state index in [1.54, 1.807) is 5.32 Å². The molecule has 0 aliphatic rings. The van der Waals surface area contributed by atoms with Gasteiger partial charge in [0, 0.05) is 6.54 Å². The second-order valence-electron chi connectivity index (χ2n) is 3.11. The van der Waals surface area contributed by atoms with E-state index < -0.39 is 12.1 Å². The van der Waals surface area contributed by atoms with Crippen molar-refractivity contribution in [3.8, 4) is 0 Å². The van der Waals surface area contributed by atoms with E-state index in [9.17, 15) is 18.0 Å². The SMILES string of the molecule is Nc1c(Cl)ccc(CNC(=O)C(F)(F)F)c1Cl. The summed E-state index contributed by atoms with van der Waals surface area (Å²) in [5.41, 5.74) is 5.79. The van der Waals surface area contributed by atoms with Gasteiger partial charge in [-0.3, -0.25) is 4.79 Å². The molecule has 0 aromatic heterocycles. The minimum absolute atomic E-state index is 0.0278. The van der Waals surface area contributed by atoms with Crippen molar-refractivity contribution >= 4 is 34.8 Å². The lowest BCUT2D eigenvalue weighted by Crippen LogP contribution is -2.36. The lowest BCUT2D eigenvalue weighted by atomic mass is 10.2. The number of nitrogens with two attached hydrogens (primary N) is 1. The van der Waals surface area contributed by atoms with Gasteiger partial charge in [0.15, 0.2) is 0 Å². The Labute approximate surface area is 105 Å². The molecule has 1 amide bonds. The van der Waals surface area contributed by atoms with E-state index in [-0.39, 0.29) is 27.8 Å². The van der Waals surface area contributed by atoms with E-state index >= 15 is 0 Å². The smallest absolute Gasteiger partial charge is 0.396 e. The number of alkyl halides is 3. The number of benzene rings is 1. The highest BCUT2D eigenvalue weighted by molar-refractivity contribution is 6.39. The topological polar surface area (TPSA) is 55.1 Å². The average molecular weight is 287 g/mol. The monoisotopic (exact) mass is 286 g/mol. The molecule has 0 atom stereocenters. The predicted octanol–water partition coefficient (Wildman–Crippen LogP) is 2.75. The van der Waals surface area contributed by atoms with E-state index in [4.69, 9.17) is 28.9 Å². The van der Waals surface area contributed by atoms with Crippen LogP contribution in [-0.2, 0) is 11.3 Å². The number of nitrogen functional groups attached to an aromatic ring is 1. The fourth-order valence-electron chi connectivity index (χ4n) is 1.03. The molecule has 1 aromatic rings. The molecule has 0 saturated heterocycles. The van der Waals surface area contributed by atoms with Gasteiger partial charge in [0.25, 0.3) is 0 Å². The molecule has 0 aliphatic heterocycles. The molecule has 94 valence electrons. The summed E-state index contributed by atoms with van der Waals surface area (Å²) in [4.78, 5) is 10.6. The molecular weight excluding hydrogens is 280 g/mol. The van der Waals surface area contributed by atoms with Crippen LogP contribution in [0.5, 0.6) is 0 Å². The van der Waals surface area contributed by atoms with Gasteiger partial charge in [-0.1, -0.05) is 29.3 Å². The van der Waals surface area contributed by atoms with Crippen LogP contribution in [0.3, 0.4) is 0 Å². The van der Waals surface area contributed by atoms with E-state index in [1.165, 1.54) is 12.1 Å². The van der Waals surface area contributed by atoms with Crippen molar-refractivity contribution in [3.05, 3.63) is 27.7 Å². The van der Waals surface area contributed by atoms with Gasteiger partial charge in [0.2, 0.25) is 0 Å². The molecule has 0 unspecified atom stereocenters. The summed E-state index contributed by atoms with van der Waals surface area (Å²) >= 11 is 11.4. The Kier molecular flexibility index (Phi) is 4.11. The number of carbonyl (C=O) groups is 1. The zero-order valence-electron chi connectivity index (χ0n) is 8.24. The highest BCUT2D eigenvalue weighted by Crippen LogP contribution is 2.30. The zero-order valence-corrected chi connectivity index (χ0v) is 9.75. The second-order valence-corrected chi connectivity index (χ2v) is 3.90. The molecule has 1 aromatic carbocycles. The number of carbonyl (C=O) groups excluding carboxylic acids is 1. The van der Waals surface area contributed by atoms with Crippen LogP contribution in [0.25, 0.3) is 0 Å². The fraction of sp³-hybridized carbons (Fsp3) is 0.222. The Hall–Kier alpha value is -1.14. The van der Waals surface area contributed by atoms with Gasteiger partial charge in [0.05, 0.1) is 15.7 Å². The van der Waals surface area contributed by atoms with Gasteiger partial charge >= 0.3 is 12.1 Å². The molecule has 17 heavy (non-hydrogen) atoms. The summed E-state index contributed by atoms with van der Waals surface area (Å²) < 4.78 is 35.7. The van der Waals surface area contributed by atoms with Crippen LogP contribution in [0, 0.1) is 0 Å². The van der Waals surface area contributed by atoms with Gasteiger partial charge in [-0.15, -0.1) is 0 Å². The average Bonchev–Trinajstić information content (AvgIpc) is 2.23. The molecule has 0 saturated carbocycles. The molecule has 0 fully saturated rings. The first-order valence-electron chi connectivity index (χ1n) is 4.31. The van der Waals surface area contributed by atoms with Crippen molar-refractivity contribution in [2.75, 3.05) is 5.73 Å². The standard InChI is InChI=1S/C9H7Cl2F3N2O/c10-5-2-1-4(6(11)7(5)15)3-16-8(17)9(12,13)14/h1-2H,3,15H2,(H,16,17). The van der Waals surface area contributed by atoms with Crippen molar-refractivity contribution in [1.29, 1.82) is 0 Å². The second kappa shape index (κ2) is 5.01. The van der Waals surface area contributed by atoms with E-state index in [1.807, 2.05) is 0 Å². The van der Waals surface area contributed by atoms with Crippen molar-refractivity contribution < 1.29 is 18.0 Å². The first kappa shape index (κ1) is 13.9. The van der Waals surface area contributed by atoms with Crippen LogP contribution in [-0.4, -0.2) is 12.1 Å². The summed E-state index contributed by atoms with van der Waals surface area (Å²) in [6.45, 7) is -0.376. The number of nitrogens with one attached hydrogen (secondary N) is 1. The van der Waals surface area contributed by atoms with Gasteiger partial charge in [-0.25, -0.2) is 0 Å². The normalized spacial score (nSPS) is 11.4. The minimum Gasteiger partial charge on any atom is -0.396 e. The molecule has 3 N–H and O–H groups in total. The van der Waals surface area contributed by atoms with Gasteiger partial charge < -0.3 is 11.1 Å². The van der Waals surface area contributed by atoms with Gasteiger partial charge in [-0.05, 0) is 11.6 Å². The molecule has 0 bridgehead atoms. The lowest BCUT2D eigenvalue weighted by molar-refractivity contribution is -0.173. The van der Waals surface area contributed by atoms with Crippen LogP contribution in [0.1, 0.15) is 5.56 Å². The summed E-state index contributed by atoms with van der Waals surface area (Å²) in [5.74, 6) is -2.04. The van der Waals surface area contributed by atoms with Crippen LogP contribution < -0.4 is 11.1 Å². The van der Waals surface area contributed by atoms with E-state index in [0.717, 1.165) is 0 Å². The highest BCUT2D eigenvalue weighted by atomic mass is 35.5. The van der Waals surface area contributed by atoms with Crippen molar-refractivity contribution in [1.82, 2.24) is 5.32 Å². The zero-order chi connectivity index (χ0) is 13.2. The third-order valence-corrected chi connectivity index (χ3v) is 2.68. The van der Waals surface area contributed by atoms with Crippen LogP contribution in [0.2, 0.25) is 10.0 Å². The van der Waals surface area contributed by atoms with Gasteiger partial charge in [0.1, 0.15) is 0 Å². The minimum atomic E-state index is -4.93. The Morgan fingerprint density at radius 3 is 2.47 bits per heavy atom. The maximum Gasteiger partial charge on any atom is 0.471 e. The number of anilines is 1. The number of amides is 1. The molecule has 3 nitrogen and oxygen atoms in total. The molecule has 0 spiro atoms. The maximum absolute atomic E-state index is 11.9. The Bertz CT molecular complexity index is 449. The van der Waals surface area contributed by atoms with Crippen LogP contribution in [0.4, 0.5) is 18.9 Å². The van der Waals surface area contributed by atoms with Gasteiger partial charge in [-0.2, -0.15) is 13.2 Å². The molecule has 0 heterocycles. The Morgan fingerprint density at radius 1 is 1.35 bits per heavy atom. The predicted molar refractivity (Wildman–Crippen MR) is 58.8 cm³/mol. The van der Waals surface area contributed by atoms with E-state index in [0.29, 0.717) is 0 Å². The quantitative estimate of drug-likeness (QED) is 0.822. The largest absolute Gasteiger partial charge is 0.471 e. The first-order chi connectivity index (χ1) is 7.73. The maximum atomic E-state index is 11.9. The van der Waals surface area contributed by atoms with Crippen LogP contribution in [0.15, 0.2) is 12.1 Å². The summed E-state index contributed by atoms with van der Waals surface area (Å²) in [5, 5.41) is 1.90. The Morgan fingerprint density at radius 2 is 1.94 bits per heavy atom. The summed E-state index contributed by atoms with van der Waals surface area (Å²) in [7, 11) is 0. The molecular formula is C9H7Cl2F3N2O. The van der Waals surface area contributed by atoms with Crippen LogP contribution >= 0.6 is 23.2 Å². The number of halogens is 5. The first-order valence-corrected chi connectivity index (χ1v) is 5.06. The number of hydrogen-bond acceptors (Lipinski definition) is 2. The van der Waals surface area contributed by atoms with Crippen molar-refractivity contribution in [3.63, 3.8) is 0 Å². The third-order valence-electron chi connectivity index (χ3n) is 1.90.